The molecule has 3 nitrogen and oxygen atoms in total. The van der Waals surface area contributed by atoms with E-state index in [9.17, 15) is 5.11 Å². The fourth-order valence-electron chi connectivity index (χ4n) is 3.71. The van der Waals surface area contributed by atoms with Gasteiger partial charge in [-0.05, 0) is 32.3 Å². The van der Waals surface area contributed by atoms with Gasteiger partial charge in [-0.15, -0.1) is 0 Å². The summed E-state index contributed by atoms with van der Waals surface area (Å²) in [6.07, 6.45) is 2.33. The van der Waals surface area contributed by atoms with Gasteiger partial charge in [0.05, 0.1) is 18.8 Å². The van der Waals surface area contributed by atoms with Gasteiger partial charge in [-0.1, -0.05) is 29.3 Å². The number of benzene rings is 1. The molecule has 19 heavy (non-hydrogen) atoms. The van der Waals surface area contributed by atoms with Crippen LogP contribution in [0.15, 0.2) is 18.2 Å². The molecule has 0 amide bonds. The minimum atomic E-state index is -0.579. The van der Waals surface area contributed by atoms with Gasteiger partial charge >= 0.3 is 0 Å². The van der Waals surface area contributed by atoms with Crippen LogP contribution in [0.5, 0.6) is 0 Å². The Kier molecular flexibility index (Phi) is 3.37. The second-order valence-electron chi connectivity index (χ2n) is 6.40. The second kappa shape index (κ2) is 4.89. The minimum absolute atomic E-state index is 0.309. The number of piperidine rings is 1. The third kappa shape index (κ3) is 2.99. The van der Waals surface area contributed by atoms with Crippen LogP contribution >= 0.6 is 0 Å². The van der Waals surface area contributed by atoms with Crippen molar-refractivity contribution >= 4 is 0 Å². The van der Waals surface area contributed by atoms with Crippen LogP contribution in [0.4, 0.5) is 0 Å². The number of nitrogens with one attached hydrogen (secondary N) is 1. The van der Waals surface area contributed by atoms with Crippen molar-refractivity contribution in [3.05, 3.63) is 34.9 Å². The van der Waals surface area contributed by atoms with E-state index in [4.69, 9.17) is 4.74 Å². The first-order valence-electron chi connectivity index (χ1n) is 7.16. The molecule has 2 atom stereocenters. The first kappa shape index (κ1) is 13.1. The average molecular weight is 261 g/mol. The Labute approximate surface area is 115 Å². The number of ether oxygens (including phenoxy) is 1. The molecule has 1 aromatic rings. The molecule has 2 N–H and O–H groups in total. The number of rotatable bonds is 2. The highest BCUT2D eigenvalue weighted by molar-refractivity contribution is 5.29. The summed E-state index contributed by atoms with van der Waals surface area (Å²) in [6.45, 7) is 5.69. The van der Waals surface area contributed by atoms with Crippen LogP contribution in [-0.2, 0) is 11.2 Å². The molecule has 2 fully saturated rings. The lowest BCUT2D eigenvalue weighted by Gasteiger charge is -2.45. The highest BCUT2D eigenvalue weighted by atomic mass is 16.5. The van der Waals surface area contributed by atoms with Gasteiger partial charge in [-0.3, -0.25) is 0 Å². The van der Waals surface area contributed by atoms with E-state index in [1.54, 1.807) is 0 Å². The third-order valence-electron chi connectivity index (χ3n) is 4.18. The SMILES string of the molecule is Cc1cc(C)cc(CC2(O)CC3COCC(C2)N3)c1. The summed E-state index contributed by atoms with van der Waals surface area (Å²) in [5, 5.41) is 14.4. The van der Waals surface area contributed by atoms with Gasteiger partial charge in [-0.2, -0.15) is 0 Å². The summed E-state index contributed by atoms with van der Waals surface area (Å²) >= 11 is 0. The fraction of sp³-hybridized carbons (Fsp3) is 0.625. The molecule has 2 aliphatic rings. The largest absolute Gasteiger partial charge is 0.389 e. The summed E-state index contributed by atoms with van der Waals surface area (Å²) in [5.41, 5.74) is 3.22. The fourth-order valence-corrected chi connectivity index (χ4v) is 3.71. The Morgan fingerprint density at radius 1 is 1.16 bits per heavy atom. The van der Waals surface area contributed by atoms with Crippen LogP contribution in [0.25, 0.3) is 0 Å². The number of morpholine rings is 1. The molecule has 104 valence electrons. The smallest absolute Gasteiger partial charge is 0.0719 e. The first-order valence-corrected chi connectivity index (χ1v) is 7.16. The average Bonchev–Trinajstić information content (AvgIpc) is 2.25. The van der Waals surface area contributed by atoms with Crippen molar-refractivity contribution in [2.45, 2.75) is 50.8 Å². The molecular formula is C16H23NO2. The summed E-state index contributed by atoms with van der Waals surface area (Å²) in [6, 6.07) is 7.18. The summed E-state index contributed by atoms with van der Waals surface area (Å²) < 4.78 is 5.54. The quantitative estimate of drug-likeness (QED) is 0.852. The molecule has 2 heterocycles. The number of aliphatic hydroxyl groups is 1. The van der Waals surface area contributed by atoms with Gasteiger partial charge in [0, 0.05) is 18.5 Å². The molecule has 0 aliphatic carbocycles. The predicted molar refractivity (Wildman–Crippen MR) is 75.3 cm³/mol. The van der Waals surface area contributed by atoms with Crippen LogP contribution in [-0.4, -0.2) is 36.0 Å². The van der Waals surface area contributed by atoms with Crippen LogP contribution in [0.2, 0.25) is 0 Å². The number of hydrogen-bond donors (Lipinski definition) is 2. The lowest BCUT2D eigenvalue weighted by atomic mass is 9.78. The van der Waals surface area contributed by atoms with Gasteiger partial charge in [0.2, 0.25) is 0 Å². The van der Waals surface area contributed by atoms with Crippen LogP contribution in [0.3, 0.4) is 0 Å². The zero-order chi connectivity index (χ0) is 13.5. The molecular weight excluding hydrogens is 238 g/mol. The predicted octanol–water partition coefficient (Wildman–Crippen LogP) is 1.73. The molecule has 0 spiro atoms. The molecule has 0 saturated carbocycles. The molecule has 2 bridgehead atoms. The zero-order valence-corrected chi connectivity index (χ0v) is 11.8. The molecule has 0 aromatic heterocycles. The molecule has 3 rings (SSSR count). The van der Waals surface area contributed by atoms with E-state index in [1.165, 1.54) is 16.7 Å². The van der Waals surface area contributed by atoms with Crippen molar-refractivity contribution in [3.8, 4) is 0 Å². The van der Waals surface area contributed by atoms with Gasteiger partial charge in [0.15, 0.2) is 0 Å². The van der Waals surface area contributed by atoms with Crippen molar-refractivity contribution in [3.63, 3.8) is 0 Å². The van der Waals surface area contributed by atoms with Gasteiger partial charge in [-0.25, -0.2) is 0 Å². The number of aryl methyl sites for hydroxylation is 2. The van der Waals surface area contributed by atoms with Gasteiger partial charge in [0.1, 0.15) is 0 Å². The van der Waals surface area contributed by atoms with Gasteiger partial charge in [0.25, 0.3) is 0 Å². The van der Waals surface area contributed by atoms with Crippen molar-refractivity contribution in [2.75, 3.05) is 13.2 Å². The maximum Gasteiger partial charge on any atom is 0.0719 e. The minimum Gasteiger partial charge on any atom is -0.389 e. The Balaban J connectivity index is 1.77. The highest BCUT2D eigenvalue weighted by Gasteiger charge is 2.41. The number of hydrogen-bond acceptors (Lipinski definition) is 3. The lowest BCUT2D eigenvalue weighted by Crippen LogP contribution is -2.60. The Bertz CT molecular complexity index is 440. The van der Waals surface area contributed by atoms with E-state index < -0.39 is 5.60 Å². The molecule has 2 unspecified atom stereocenters. The normalized spacial score (nSPS) is 34.3. The Morgan fingerprint density at radius 3 is 2.32 bits per heavy atom. The number of fused-ring (bicyclic) bond motifs is 2. The summed E-state index contributed by atoms with van der Waals surface area (Å²) in [5.74, 6) is 0. The van der Waals surface area contributed by atoms with E-state index >= 15 is 0 Å². The van der Waals surface area contributed by atoms with Crippen molar-refractivity contribution < 1.29 is 9.84 Å². The van der Waals surface area contributed by atoms with Crippen molar-refractivity contribution in [1.82, 2.24) is 5.32 Å². The zero-order valence-electron chi connectivity index (χ0n) is 11.8. The maximum atomic E-state index is 10.9. The second-order valence-corrected chi connectivity index (χ2v) is 6.40. The monoisotopic (exact) mass is 261 g/mol. The lowest BCUT2D eigenvalue weighted by molar-refractivity contribution is -0.0755. The van der Waals surface area contributed by atoms with E-state index in [0.29, 0.717) is 12.1 Å². The van der Waals surface area contributed by atoms with Crippen LogP contribution in [0.1, 0.15) is 29.5 Å². The molecule has 3 heteroatoms. The molecule has 1 aromatic carbocycles. The Morgan fingerprint density at radius 2 is 1.74 bits per heavy atom. The third-order valence-corrected chi connectivity index (χ3v) is 4.18. The van der Waals surface area contributed by atoms with E-state index in [2.05, 4.69) is 37.4 Å². The molecule has 2 aliphatic heterocycles. The van der Waals surface area contributed by atoms with Crippen molar-refractivity contribution in [2.24, 2.45) is 0 Å². The molecule has 0 radical (unpaired) electrons. The van der Waals surface area contributed by atoms with E-state index in [1.807, 2.05) is 0 Å². The standard InChI is InChI=1S/C16H23NO2/c1-11-3-12(2)5-13(4-11)6-16(18)7-14-9-19-10-15(8-16)17-14/h3-5,14-15,17-18H,6-10H2,1-2H3. The summed E-state index contributed by atoms with van der Waals surface area (Å²) in [4.78, 5) is 0. The van der Waals surface area contributed by atoms with Gasteiger partial charge < -0.3 is 15.2 Å². The van der Waals surface area contributed by atoms with Crippen LogP contribution in [0, 0.1) is 13.8 Å². The first-order chi connectivity index (χ1) is 9.02. The summed E-state index contributed by atoms with van der Waals surface area (Å²) in [7, 11) is 0. The maximum absolute atomic E-state index is 10.9. The highest BCUT2D eigenvalue weighted by Crippen LogP contribution is 2.31. The Hall–Kier alpha value is -0.900. The topological polar surface area (TPSA) is 41.5 Å². The van der Waals surface area contributed by atoms with Crippen molar-refractivity contribution in [1.29, 1.82) is 0 Å². The van der Waals surface area contributed by atoms with E-state index in [0.717, 1.165) is 32.5 Å². The molecule has 2 saturated heterocycles. The van der Waals surface area contributed by atoms with E-state index in [-0.39, 0.29) is 0 Å². The van der Waals surface area contributed by atoms with Crippen LogP contribution < -0.4 is 5.32 Å².